The second-order valence-corrected chi connectivity index (χ2v) is 4.31. The zero-order valence-corrected chi connectivity index (χ0v) is 10.00. The molecule has 3 heteroatoms. The highest BCUT2D eigenvalue weighted by Gasteiger charge is 2.23. The van der Waals surface area contributed by atoms with Crippen LogP contribution in [0.15, 0.2) is 35.4 Å². The normalized spacial score (nSPS) is 16.2. The molecule has 1 aliphatic heterocycles. The third-order valence-corrected chi connectivity index (χ3v) is 3.19. The molecule has 0 N–H and O–H groups in total. The van der Waals surface area contributed by atoms with Gasteiger partial charge in [-0.2, -0.15) is 0 Å². The lowest BCUT2D eigenvalue weighted by molar-refractivity contribution is 0.0755. The monoisotopic (exact) mass is 235 g/mol. The second kappa shape index (κ2) is 4.71. The van der Waals surface area contributed by atoms with Crippen LogP contribution >= 0.6 is 11.6 Å². The number of carbonyl (C=O) groups is 1. The van der Waals surface area contributed by atoms with Crippen LogP contribution < -0.4 is 0 Å². The van der Waals surface area contributed by atoms with Gasteiger partial charge >= 0.3 is 0 Å². The first-order chi connectivity index (χ1) is 7.72. The van der Waals surface area contributed by atoms with Gasteiger partial charge in [-0.15, -0.1) is 0 Å². The maximum atomic E-state index is 12.1. The maximum absolute atomic E-state index is 12.1. The van der Waals surface area contributed by atoms with E-state index in [1.165, 1.54) is 5.54 Å². The molecule has 0 bridgehead atoms. The van der Waals surface area contributed by atoms with Gasteiger partial charge in [0, 0.05) is 24.2 Å². The standard InChI is InChI=1S/C13H14ClNO/c1-10(8-14)9-15-7-6-11-4-2-3-5-12(11)13(15)16/h2-5,8H,6-7,9H2,1H3/b10-8-. The zero-order chi connectivity index (χ0) is 11.5. The molecule has 0 spiro atoms. The number of hydrogen-bond acceptors (Lipinski definition) is 1. The van der Waals surface area contributed by atoms with E-state index in [2.05, 4.69) is 0 Å². The molecular weight excluding hydrogens is 222 g/mol. The Morgan fingerprint density at radius 2 is 2.25 bits per heavy atom. The number of halogens is 1. The number of nitrogens with zero attached hydrogens (tertiary/aromatic N) is 1. The number of hydrogen-bond donors (Lipinski definition) is 0. The van der Waals surface area contributed by atoms with Gasteiger partial charge in [-0.3, -0.25) is 4.79 Å². The summed E-state index contributed by atoms with van der Waals surface area (Å²) in [4.78, 5) is 14.0. The van der Waals surface area contributed by atoms with Gasteiger partial charge in [-0.25, -0.2) is 0 Å². The SMILES string of the molecule is C/C(=C/Cl)CN1CCc2ccccc2C1=O. The lowest BCUT2D eigenvalue weighted by Crippen LogP contribution is -2.38. The number of amides is 1. The van der Waals surface area contributed by atoms with Crippen LogP contribution in [0.3, 0.4) is 0 Å². The van der Waals surface area contributed by atoms with Crippen LogP contribution in [-0.4, -0.2) is 23.9 Å². The van der Waals surface area contributed by atoms with E-state index in [0.717, 1.165) is 29.7 Å². The Morgan fingerprint density at radius 1 is 1.50 bits per heavy atom. The minimum Gasteiger partial charge on any atom is -0.334 e. The van der Waals surface area contributed by atoms with Crippen molar-refractivity contribution < 1.29 is 4.79 Å². The van der Waals surface area contributed by atoms with Gasteiger partial charge in [0.05, 0.1) is 0 Å². The first-order valence-electron chi connectivity index (χ1n) is 5.35. The van der Waals surface area contributed by atoms with Crippen LogP contribution in [-0.2, 0) is 6.42 Å². The molecule has 0 saturated heterocycles. The van der Waals surface area contributed by atoms with Gasteiger partial charge in [0.25, 0.3) is 5.91 Å². The zero-order valence-electron chi connectivity index (χ0n) is 9.24. The smallest absolute Gasteiger partial charge is 0.254 e. The Kier molecular flexibility index (Phi) is 3.30. The molecule has 0 unspecified atom stereocenters. The minimum atomic E-state index is 0.111. The quantitative estimate of drug-likeness (QED) is 0.772. The highest BCUT2D eigenvalue weighted by Crippen LogP contribution is 2.19. The first-order valence-corrected chi connectivity index (χ1v) is 5.79. The summed E-state index contributed by atoms with van der Waals surface area (Å²) >= 11 is 5.62. The van der Waals surface area contributed by atoms with E-state index in [4.69, 9.17) is 11.6 Å². The predicted molar refractivity (Wildman–Crippen MR) is 65.7 cm³/mol. The summed E-state index contributed by atoms with van der Waals surface area (Å²) in [6.45, 7) is 3.33. The number of fused-ring (bicyclic) bond motifs is 1. The van der Waals surface area contributed by atoms with E-state index in [-0.39, 0.29) is 5.91 Å². The molecule has 2 nitrogen and oxygen atoms in total. The molecule has 16 heavy (non-hydrogen) atoms. The third-order valence-electron chi connectivity index (χ3n) is 2.81. The molecule has 1 amide bonds. The Labute approximate surface area is 101 Å². The Morgan fingerprint density at radius 3 is 3.00 bits per heavy atom. The van der Waals surface area contributed by atoms with Crippen molar-refractivity contribution >= 4 is 17.5 Å². The van der Waals surface area contributed by atoms with Crippen molar-refractivity contribution in [3.63, 3.8) is 0 Å². The van der Waals surface area contributed by atoms with Crippen molar-refractivity contribution in [3.05, 3.63) is 46.5 Å². The van der Waals surface area contributed by atoms with Gasteiger partial charge in [0.1, 0.15) is 0 Å². The fourth-order valence-electron chi connectivity index (χ4n) is 1.96. The van der Waals surface area contributed by atoms with Crippen molar-refractivity contribution in [1.29, 1.82) is 0 Å². The van der Waals surface area contributed by atoms with Crippen LogP contribution in [0.2, 0.25) is 0 Å². The van der Waals surface area contributed by atoms with Gasteiger partial charge in [0.15, 0.2) is 0 Å². The average molecular weight is 236 g/mol. The van der Waals surface area contributed by atoms with Crippen LogP contribution in [0.1, 0.15) is 22.8 Å². The largest absolute Gasteiger partial charge is 0.334 e. The molecule has 0 saturated carbocycles. The number of carbonyl (C=O) groups excluding carboxylic acids is 1. The fraction of sp³-hybridized carbons (Fsp3) is 0.308. The van der Waals surface area contributed by atoms with Crippen LogP contribution in [0.25, 0.3) is 0 Å². The van der Waals surface area contributed by atoms with E-state index in [1.54, 1.807) is 0 Å². The summed E-state index contributed by atoms with van der Waals surface area (Å²) in [5, 5.41) is 0. The predicted octanol–water partition coefficient (Wildman–Crippen LogP) is 2.83. The van der Waals surface area contributed by atoms with E-state index in [9.17, 15) is 4.79 Å². The molecule has 2 rings (SSSR count). The topological polar surface area (TPSA) is 20.3 Å². The molecule has 0 atom stereocenters. The lowest BCUT2D eigenvalue weighted by atomic mass is 9.99. The van der Waals surface area contributed by atoms with Crippen molar-refractivity contribution in [3.8, 4) is 0 Å². The van der Waals surface area contributed by atoms with Crippen LogP contribution in [0.4, 0.5) is 0 Å². The molecule has 1 heterocycles. The minimum absolute atomic E-state index is 0.111. The summed E-state index contributed by atoms with van der Waals surface area (Å²) in [5.41, 5.74) is 4.52. The Balaban J connectivity index is 2.21. The van der Waals surface area contributed by atoms with E-state index in [0.29, 0.717) is 6.54 Å². The summed E-state index contributed by atoms with van der Waals surface area (Å²) in [6, 6.07) is 7.80. The molecule has 1 aromatic rings. The van der Waals surface area contributed by atoms with Crippen molar-refractivity contribution in [2.75, 3.05) is 13.1 Å². The van der Waals surface area contributed by atoms with E-state index < -0.39 is 0 Å². The van der Waals surface area contributed by atoms with Gasteiger partial charge in [-0.05, 0) is 30.5 Å². The van der Waals surface area contributed by atoms with Gasteiger partial charge < -0.3 is 4.90 Å². The first kappa shape index (κ1) is 11.2. The van der Waals surface area contributed by atoms with Gasteiger partial charge in [0.2, 0.25) is 0 Å². The molecule has 0 fully saturated rings. The van der Waals surface area contributed by atoms with Crippen LogP contribution in [0, 0.1) is 0 Å². The molecule has 0 aliphatic carbocycles. The van der Waals surface area contributed by atoms with E-state index in [1.807, 2.05) is 36.1 Å². The van der Waals surface area contributed by atoms with E-state index >= 15 is 0 Å². The highest BCUT2D eigenvalue weighted by molar-refractivity contribution is 6.25. The summed E-state index contributed by atoms with van der Waals surface area (Å²) < 4.78 is 0. The molecule has 1 aliphatic rings. The Hall–Kier alpha value is -1.28. The highest BCUT2D eigenvalue weighted by atomic mass is 35.5. The lowest BCUT2D eigenvalue weighted by Gasteiger charge is -2.28. The maximum Gasteiger partial charge on any atom is 0.254 e. The molecule has 0 aromatic heterocycles. The second-order valence-electron chi connectivity index (χ2n) is 4.09. The third kappa shape index (κ3) is 2.12. The van der Waals surface area contributed by atoms with Crippen molar-refractivity contribution in [2.45, 2.75) is 13.3 Å². The van der Waals surface area contributed by atoms with Crippen molar-refractivity contribution in [2.24, 2.45) is 0 Å². The van der Waals surface area contributed by atoms with Crippen molar-refractivity contribution in [1.82, 2.24) is 4.90 Å². The Bertz CT molecular complexity index is 439. The van der Waals surface area contributed by atoms with Crippen LogP contribution in [0.5, 0.6) is 0 Å². The molecule has 0 radical (unpaired) electrons. The molecule has 1 aromatic carbocycles. The average Bonchev–Trinajstić information content (AvgIpc) is 2.33. The summed E-state index contributed by atoms with van der Waals surface area (Å²) in [5.74, 6) is 0.111. The molecular formula is C13H14ClNO. The summed E-state index contributed by atoms with van der Waals surface area (Å²) in [7, 11) is 0. The number of rotatable bonds is 2. The van der Waals surface area contributed by atoms with Gasteiger partial charge in [-0.1, -0.05) is 29.8 Å². The summed E-state index contributed by atoms with van der Waals surface area (Å²) in [6.07, 6.45) is 0.928. The number of benzene rings is 1. The fourth-order valence-corrected chi connectivity index (χ4v) is 2.03. The molecule has 84 valence electrons.